The SMILES string of the molecule is CNC[C@H]1COCCN1. The predicted molar refractivity (Wildman–Crippen MR) is 36.5 cm³/mol. The lowest BCUT2D eigenvalue weighted by Gasteiger charge is -2.23. The second-order valence-electron chi connectivity index (χ2n) is 2.28. The predicted octanol–water partition coefficient (Wildman–Crippen LogP) is -0.806. The molecule has 0 aromatic carbocycles. The van der Waals surface area contributed by atoms with Crippen LogP contribution in [0.4, 0.5) is 0 Å². The van der Waals surface area contributed by atoms with Crippen LogP contribution in [0.2, 0.25) is 0 Å². The third kappa shape index (κ3) is 2.30. The maximum atomic E-state index is 5.23. The lowest BCUT2D eigenvalue weighted by atomic mass is 10.3. The van der Waals surface area contributed by atoms with E-state index in [2.05, 4.69) is 10.6 Å². The Balaban J connectivity index is 2.08. The van der Waals surface area contributed by atoms with E-state index in [4.69, 9.17) is 4.74 Å². The molecule has 0 spiro atoms. The second-order valence-corrected chi connectivity index (χ2v) is 2.28. The van der Waals surface area contributed by atoms with Crippen LogP contribution in [-0.4, -0.2) is 39.4 Å². The van der Waals surface area contributed by atoms with Crippen molar-refractivity contribution in [1.29, 1.82) is 0 Å². The number of likely N-dealkylation sites (N-methyl/N-ethyl adjacent to an activating group) is 1. The van der Waals surface area contributed by atoms with Crippen molar-refractivity contribution in [3.05, 3.63) is 0 Å². The summed E-state index contributed by atoms with van der Waals surface area (Å²) in [6.45, 7) is 3.70. The summed E-state index contributed by atoms with van der Waals surface area (Å²) in [7, 11) is 1.95. The highest BCUT2D eigenvalue weighted by Crippen LogP contribution is 1.89. The van der Waals surface area contributed by atoms with Gasteiger partial charge >= 0.3 is 0 Å². The largest absolute Gasteiger partial charge is 0.378 e. The van der Waals surface area contributed by atoms with E-state index in [1.807, 2.05) is 7.05 Å². The number of morpholine rings is 1. The molecule has 3 heteroatoms. The zero-order chi connectivity index (χ0) is 6.53. The van der Waals surface area contributed by atoms with Crippen LogP contribution >= 0.6 is 0 Å². The van der Waals surface area contributed by atoms with Crippen LogP contribution in [0.3, 0.4) is 0 Å². The van der Waals surface area contributed by atoms with Crippen molar-refractivity contribution < 1.29 is 4.74 Å². The molecule has 0 saturated carbocycles. The van der Waals surface area contributed by atoms with E-state index in [1.54, 1.807) is 0 Å². The van der Waals surface area contributed by atoms with E-state index < -0.39 is 0 Å². The first-order valence-electron chi connectivity index (χ1n) is 3.39. The first-order chi connectivity index (χ1) is 4.43. The average Bonchev–Trinajstić information content (AvgIpc) is 1.91. The zero-order valence-electron chi connectivity index (χ0n) is 5.81. The molecule has 0 aromatic heterocycles. The molecule has 1 aliphatic rings. The van der Waals surface area contributed by atoms with Gasteiger partial charge in [0.25, 0.3) is 0 Å². The Morgan fingerprint density at radius 1 is 1.78 bits per heavy atom. The first kappa shape index (κ1) is 6.99. The van der Waals surface area contributed by atoms with Crippen molar-refractivity contribution in [2.24, 2.45) is 0 Å². The second kappa shape index (κ2) is 3.82. The van der Waals surface area contributed by atoms with Gasteiger partial charge in [0.05, 0.1) is 13.2 Å². The van der Waals surface area contributed by atoms with Gasteiger partial charge in [-0.2, -0.15) is 0 Å². The van der Waals surface area contributed by atoms with E-state index in [0.29, 0.717) is 6.04 Å². The monoisotopic (exact) mass is 130 g/mol. The molecule has 0 aromatic rings. The van der Waals surface area contributed by atoms with Crippen molar-refractivity contribution >= 4 is 0 Å². The summed E-state index contributed by atoms with van der Waals surface area (Å²) < 4.78 is 5.23. The Bertz CT molecular complexity index is 68.7. The Labute approximate surface area is 55.8 Å². The highest BCUT2D eigenvalue weighted by Gasteiger charge is 2.10. The summed E-state index contributed by atoms with van der Waals surface area (Å²) in [6, 6.07) is 0.517. The highest BCUT2D eigenvalue weighted by molar-refractivity contribution is 4.70. The Kier molecular flexibility index (Phi) is 2.97. The average molecular weight is 130 g/mol. The molecule has 1 aliphatic heterocycles. The maximum absolute atomic E-state index is 5.23. The summed E-state index contributed by atoms with van der Waals surface area (Å²) >= 11 is 0. The van der Waals surface area contributed by atoms with Crippen LogP contribution in [0, 0.1) is 0 Å². The van der Waals surface area contributed by atoms with Gasteiger partial charge < -0.3 is 15.4 Å². The van der Waals surface area contributed by atoms with Crippen LogP contribution in [-0.2, 0) is 4.74 Å². The quantitative estimate of drug-likeness (QED) is 0.513. The van der Waals surface area contributed by atoms with Gasteiger partial charge in [0, 0.05) is 19.1 Å². The highest BCUT2D eigenvalue weighted by atomic mass is 16.5. The van der Waals surface area contributed by atoms with Gasteiger partial charge in [-0.05, 0) is 7.05 Å². The fraction of sp³-hybridized carbons (Fsp3) is 1.00. The van der Waals surface area contributed by atoms with Gasteiger partial charge in [0.2, 0.25) is 0 Å². The molecule has 0 aliphatic carbocycles. The van der Waals surface area contributed by atoms with Crippen molar-refractivity contribution in [3.8, 4) is 0 Å². The molecular formula is C6H14N2O. The minimum atomic E-state index is 0.517. The third-order valence-corrected chi connectivity index (χ3v) is 1.45. The number of rotatable bonds is 2. The molecule has 54 valence electrons. The number of nitrogens with one attached hydrogen (secondary N) is 2. The van der Waals surface area contributed by atoms with Crippen molar-refractivity contribution in [2.45, 2.75) is 6.04 Å². The topological polar surface area (TPSA) is 33.3 Å². The maximum Gasteiger partial charge on any atom is 0.0632 e. The van der Waals surface area contributed by atoms with Gasteiger partial charge in [-0.25, -0.2) is 0 Å². The molecule has 1 fully saturated rings. The van der Waals surface area contributed by atoms with E-state index in [0.717, 1.165) is 26.3 Å². The molecular weight excluding hydrogens is 116 g/mol. The number of hydrogen-bond acceptors (Lipinski definition) is 3. The van der Waals surface area contributed by atoms with E-state index in [1.165, 1.54) is 0 Å². The molecule has 0 bridgehead atoms. The molecule has 1 atom stereocenters. The number of hydrogen-bond donors (Lipinski definition) is 2. The molecule has 1 heterocycles. The third-order valence-electron chi connectivity index (χ3n) is 1.45. The standard InChI is InChI=1S/C6H14N2O/c1-7-4-6-5-9-3-2-8-6/h6-8H,2-5H2,1H3/t6-/m0/s1. The Morgan fingerprint density at radius 3 is 3.22 bits per heavy atom. The minimum absolute atomic E-state index is 0.517. The van der Waals surface area contributed by atoms with Crippen LogP contribution < -0.4 is 10.6 Å². The van der Waals surface area contributed by atoms with Gasteiger partial charge in [-0.3, -0.25) is 0 Å². The van der Waals surface area contributed by atoms with Crippen molar-refractivity contribution in [2.75, 3.05) is 33.4 Å². The van der Waals surface area contributed by atoms with Gasteiger partial charge in [-0.15, -0.1) is 0 Å². The molecule has 0 amide bonds. The molecule has 1 saturated heterocycles. The van der Waals surface area contributed by atoms with Gasteiger partial charge in [0.15, 0.2) is 0 Å². The molecule has 0 unspecified atom stereocenters. The Morgan fingerprint density at radius 2 is 2.67 bits per heavy atom. The summed E-state index contributed by atoms with van der Waals surface area (Å²) in [5, 5.41) is 6.43. The van der Waals surface area contributed by atoms with E-state index >= 15 is 0 Å². The van der Waals surface area contributed by atoms with Crippen LogP contribution in [0.25, 0.3) is 0 Å². The summed E-state index contributed by atoms with van der Waals surface area (Å²) in [5.74, 6) is 0. The van der Waals surface area contributed by atoms with Crippen molar-refractivity contribution in [1.82, 2.24) is 10.6 Å². The van der Waals surface area contributed by atoms with Gasteiger partial charge in [0.1, 0.15) is 0 Å². The lowest BCUT2D eigenvalue weighted by Crippen LogP contribution is -2.46. The van der Waals surface area contributed by atoms with Crippen LogP contribution in [0.15, 0.2) is 0 Å². The number of ether oxygens (including phenoxy) is 1. The molecule has 0 radical (unpaired) electrons. The first-order valence-corrected chi connectivity index (χ1v) is 3.39. The molecule has 9 heavy (non-hydrogen) atoms. The molecule has 2 N–H and O–H groups in total. The van der Waals surface area contributed by atoms with Crippen LogP contribution in [0.1, 0.15) is 0 Å². The summed E-state index contributed by atoms with van der Waals surface area (Å²) in [5.41, 5.74) is 0. The van der Waals surface area contributed by atoms with Crippen molar-refractivity contribution in [3.63, 3.8) is 0 Å². The fourth-order valence-electron chi connectivity index (χ4n) is 0.997. The summed E-state index contributed by atoms with van der Waals surface area (Å²) in [4.78, 5) is 0. The smallest absolute Gasteiger partial charge is 0.0632 e. The molecule has 1 rings (SSSR count). The zero-order valence-corrected chi connectivity index (χ0v) is 5.81. The molecule has 3 nitrogen and oxygen atoms in total. The lowest BCUT2D eigenvalue weighted by molar-refractivity contribution is 0.0773. The van der Waals surface area contributed by atoms with Crippen LogP contribution in [0.5, 0.6) is 0 Å². The fourth-order valence-corrected chi connectivity index (χ4v) is 0.997. The summed E-state index contributed by atoms with van der Waals surface area (Å²) in [6.07, 6.45) is 0. The minimum Gasteiger partial charge on any atom is -0.378 e. The Hall–Kier alpha value is -0.120. The normalized spacial score (nSPS) is 28.3. The van der Waals surface area contributed by atoms with E-state index in [-0.39, 0.29) is 0 Å². The van der Waals surface area contributed by atoms with Gasteiger partial charge in [-0.1, -0.05) is 0 Å². The van der Waals surface area contributed by atoms with E-state index in [9.17, 15) is 0 Å².